The van der Waals surface area contributed by atoms with E-state index in [1.807, 2.05) is 25.2 Å². The topological polar surface area (TPSA) is 68.2 Å². The van der Waals surface area contributed by atoms with Gasteiger partial charge in [0.2, 0.25) is 0 Å². The Labute approximate surface area is 222 Å². The van der Waals surface area contributed by atoms with E-state index in [0.29, 0.717) is 43.1 Å². The van der Waals surface area contributed by atoms with E-state index >= 15 is 0 Å². The van der Waals surface area contributed by atoms with Gasteiger partial charge in [-0.15, -0.1) is 12.4 Å². The molecule has 7 heteroatoms. The van der Waals surface area contributed by atoms with Gasteiger partial charge in [0, 0.05) is 13.1 Å². The lowest BCUT2D eigenvalue weighted by molar-refractivity contribution is -0.152. The fourth-order valence-corrected chi connectivity index (χ4v) is 5.28. The Morgan fingerprint density at radius 2 is 1.81 bits per heavy atom. The summed E-state index contributed by atoms with van der Waals surface area (Å²) >= 11 is 0. The van der Waals surface area contributed by atoms with Gasteiger partial charge < -0.3 is 24.2 Å². The number of aliphatic carboxylic acids is 1. The maximum Gasteiger partial charge on any atom is 0.332 e. The van der Waals surface area contributed by atoms with Crippen molar-refractivity contribution < 1.29 is 24.1 Å². The van der Waals surface area contributed by atoms with Crippen molar-refractivity contribution in [3.8, 4) is 11.5 Å². The van der Waals surface area contributed by atoms with E-state index in [9.17, 15) is 9.90 Å². The number of likely N-dealkylation sites (N-methyl/N-ethyl adjacent to an activating group) is 1. The summed E-state index contributed by atoms with van der Waals surface area (Å²) in [6.45, 7) is 6.47. The molecule has 0 aromatic heterocycles. The molecule has 0 fully saturated rings. The van der Waals surface area contributed by atoms with Crippen molar-refractivity contribution in [1.29, 1.82) is 0 Å². The van der Waals surface area contributed by atoms with Gasteiger partial charge in [-0.1, -0.05) is 44.2 Å². The molecule has 36 heavy (non-hydrogen) atoms. The van der Waals surface area contributed by atoms with Gasteiger partial charge in [-0.3, -0.25) is 0 Å². The Balaban J connectivity index is 0.00000456. The van der Waals surface area contributed by atoms with E-state index in [-0.39, 0.29) is 12.4 Å². The highest BCUT2D eigenvalue weighted by molar-refractivity contribution is 5.85. The highest BCUT2D eigenvalue weighted by Gasteiger charge is 2.33. The summed E-state index contributed by atoms with van der Waals surface area (Å²) in [5.41, 5.74) is 3.98. The monoisotopic (exact) mass is 519 g/mol. The molecule has 0 spiro atoms. The van der Waals surface area contributed by atoms with Gasteiger partial charge in [0.1, 0.15) is 0 Å². The number of carbonyl (C=O) groups is 1. The fraction of sp³-hybridized carbons (Fsp3) is 0.552. The normalized spacial score (nSPS) is 17.9. The second kappa shape index (κ2) is 14.5. The summed E-state index contributed by atoms with van der Waals surface area (Å²) in [4.78, 5) is 14.1. The smallest absolute Gasteiger partial charge is 0.332 e. The summed E-state index contributed by atoms with van der Waals surface area (Å²) in [7, 11) is 5.28. The molecule has 3 rings (SSSR count). The fourth-order valence-electron chi connectivity index (χ4n) is 5.28. The van der Waals surface area contributed by atoms with E-state index < -0.39 is 12.1 Å². The van der Waals surface area contributed by atoms with E-state index in [1.165, 1.54) is 11.1 Å². The van der Waals surface area contributed by atoms with Crippen LogP contribution >= 0.6 is 12.4 Å². The summed E-state index contributed by atoms with van der Waals surface area (Å²) in [5, 5.41) is 9.79. The summed E-state index contributed by atoms with van der Waals surface area (Å²) < 4.78 is 16.7. The third-order valence-corrected chi connectivity index (χ3v) is 7.21. The number of aryl methyl sites for hydroxylation is 1. The Hall–Kier alpha value is -2.28. The standard InChI is InChI=1S/C29H41NO5.ClH/c1-20(2)28-23(12-11-22-8-6-7-9-24(22)28)19-35-26(29(31)32)15-17-30(3)16-14-21-10-13-25(33-4)27(18-21)34-5;/h6-10,13,18,20,23,26,28H,11-12,14-17,19H2,1-5H3,(H,31,32);1H/t23-,26?,28+;/m0./s1. The number of hydrogen-bond donors (Lipinski definition) is 1. The van der Waals surface area contributed by atoms with Crippen LogP contribution in [0.1, 0.15) is 49.3 Å². The number of ether oxygens (including phenoxy) is 3. The summed E-state index contributed by atoms with van der Waals surface area (Å²) in [6.07, 6.45) is 2.59. The molecule has 0 bridgehead atoms. The van der Waals surface area contributed by atoms with Crippen LogP contribution in [0.3, 0.4) is 0 Å². The SMILES string of the molecule is COc1ccc(CCN(C)CCC(OC[C@@H]2CCc3ccccc3[C@@H]2C(C)C)C(=O)O)cc1OC.Cl. The van der Waals surface area contributed by atoms with E-state index in [2.05, 4.69) is 43.0 Å². The second-order valence-electron chi connectivity index (χ2n) is 9.96. The number of rotatable bonds is 13. The Morgan fingerprint density at radius 1 is 1.08 bits per heavy atom. The summed E-state index contributed by atoms with van der Waals surface area (Å²) in [5.74, 6) is 1.78. The lowest BCUT2D eigenvalue weighted by atomic mass is 9.70. The first-order valence-electron chi connectivity index (χ1n) is 12.7. The van der Waals surface area contributed by atoms with Gasteiger partial charge in [-0.25, -0.2) is 4.79 Å². The molecule has 1 N–H and O–H groups in total. The molecule has 0 aliphatic heterocycles. The molecule has 6 nitrogen and oxygen atoms in total. The Kier molecular flexibility index (Phi) is 12.0. The Bertz CT molecular complexity index is 966. The zero-order chi connectivity index (χ0) is 25.4. The average molecular weight is 520 g/mol. The van der Waals surface area contributed by atoms with Crippen molar-refractivity contribution in [3.05, 3.63) is 59.2 Å². The lowest BCUT2D eigenvalue weighted by Gasteiger charge is -2.36. The van der Waals surface area contributed by atoms with E-state index in [4.69, 9.17) is 14.2 Å². The molecule has 2 aromatic rings. The highest BCUT2D eigenvalue weighted by atomic mass is 35.5. The number of hydrogen-bond acceptors (Lipinski definition) is 5. The van der Waals surface area contributed by atoms with E-state index in [1.54, 1.807) is 14.2 Å². The number of halogens is 1. The molecule has 0 radical (unpaired) electrons. The summed E-state index contributed by atoms with van der Waals surface area (Å²) in [6, 6.07) is 14.6. The minimum atomic E-state index is -0.879. The van der Waals surface area contributed by atoms with Crippen LogP contribution in [0.4, 0.5) is 0 Å². The number of nitrogens with zero attached hydrogens (tertiary/aromatic N) is 1. The van der Waals surface area contributed by atoms with Crippen molar-refractivity contribution in [2.75, 3.05) is 41.0 Å². The molecule has 0 heterocycles. The van der Waals surface area contributed by atoms with Crippen LogP contribution in [0, 0.1) is 11.8 Å². The van der Waals surface area contributed by atoms with Gasteiger partial charge in [-0.05, 0) is 79.3 Å². The lowest BCUT2D eigenvalue weighted by Crippen LogP contribution is -2.34. The molecule has 0 saturated heterocycles. The molecule has 1 unspecified atom stereocenters. The van der Waals surface area contributed by atoms with E-state index in [0.717, 1.165) is 37.1 Å². The molecule has 1 aliphatic rings. The zero-order valence-corrected chi connectivity index (χ0v) is 23.1. The number of methoxy groups -OCH3 is 2. The second-order valence-corrected chi connectivity index (χ2v) is 9.96. The molecule has 3 atom stereocenters. The van der Waals surface area contributed by atoms with Crippen LogP contribution < -0.4 is 9.47 Å². The first-order chi connectivity index (χ1) is 16.8. The van der Waals surface area contributed by atoms with Gasteiger partial charge >= 0.3 is 5.97 Å². The minimum absolute atomic E-state index is 0. The quantitative estimate of drug-likeness (QED) is 0.379. The van der Waals surface area contributed by atoms with Crippen molar-refractivity contribution in [2.24, 2.45) is 11.8 Å². The van der Waals surface area contributed by atoms with Gasteiger partial charge in [0.25, 0.3) is 0 Å². The number of carboxylic acids is 1. The van der Waals surface area contributed by atoms with Gasteiger partial charge in [0.05, 0.1) is 20.8 Å². The van der Waals surface area contributed by atoms with Crippen molar-refractivity contribution in [1.82, 2.24) is 4.90 Å². The number of fused-ring (bicyclic) bond motifs is 1. The maximum absolute atomic E-state index is 11.9. The van der Waals surface area contributed by atoms with Crippen LogP contribution in [-0.2, 0) is 22.4 Å². The predicted molar refractivity (Wildman–Crippen MR) is 146 cm³/mol. The molecule has 200 valence electrons. The molecular formula is C29H42ClNO5. The third kappa shape index (κ3) is 7.86. The van der Waals surface area contributed by atoms with Gasteiger partial charge in [-0.2, -0.15) is 0 Å². The molecule has 0 amide bonds. The zero-order valence-electron chi connectivity index (χ0n) is 22.2. The van der Waals surface area contributed by atoms with Crippen molar-refractivity contribution in [2.45, 2.75) is 51.6 Å². The van der Waals surface area contributed by atoms with Crippen LogP contribution in [0.15, 0.2) is 42.5 Å². The van der Waals surface area contributed by atoms with Gasteiger partial charge in [0.15, 0.2) is 17.6 Å². The van der Waals surface area contributed by atoms with Crippen LogP contribution in [-0.4, -0.2) is 63.0 Å². The average Bonchev–Trinajstić information content (AvgIpc) is 2.86. The van der Waals surface area contributed by atoms with Crippen LogP contribution in [0.5, 0.6) is 11.5 Å². The molecular weight excluding hydrogens is 478 g/mol. The number of benzene rings is 2. The maximum atomic E-state index is 11.9. The first kappa shape index (κ1) is 29.9. The predicted octanol–water partition coefficient (Wildman–Crippen LogP) is 5.46. The largest absolute Gasteiger partial charge is 0.493 e. The first-order valence-corrected chi connectivity index (χ1v) is 12.7. The highest BCUT2D eigenvalue weighted by Crippen LogP contribution is 2.41. The minimum Gasteiger partial charge on any atom is -0.493 e. The van der Waals surface area contributed by atoms with Crippen LogP contribution in [0.25, 0.3) is 0 Å². The van der Waals surface area contributed by atoms with Crippen molar-refractivity contribution >= 4 is 18.4 Å². The molecule has 0 saturated carbocycles. The molecule has 1 aliphatic carbocycles. The van der Waals surface area contributed by atoms with Crippen LogP contribution in [0.2, 0.25) is 0 Å². The van der Waals surface area contributed by atoms with Crippen molar-refractivity contribution in [3.63, 3.8) is 0 Å². The Morgan fingerprint density at radius 3 is 2.47 bits per heavy atom. The third-order valence-electron chi connectivity index (χ3n) is 7.21. The number of carboxylic acid groups (broad SMARTS) is 1. The molecule has 2 aromatic carbocycles.